The molecule has 0 amide bonds. The number of carbonyl (C=O) groups is 1. The molecule has 1 saturated carbocycles. The van der Waals surface area contributed by atoms with E-state index in [9.17, 15) is 18.3 Å². The number of sulfonamides is 1. The minimum Gasteiger partial charge on any atom is -0.489 e. The van der Waals surface area contributed by atoms with Gasteiger partial charge in [-0.25, -0.2) is 8.42 Å². The van der Waals surface area contributed by atoms with Crippen molar-refractivity contribution in [3.8, 4) is 16.2 Å². The first-order chi connectivity index (χ1) is 17.3. The quantitative estimate of drug-likeness (QED) is 0.275. The van der Waals surface area contributed by atoms with Crippen molar-refractivity contribution in [3.05, 3.63) is 107 Å². The smallest absolute Gasteiger partial charge is 0.325 e. The van der Waals surface area contributed by atoms with Crippen LogP contribution in [-0.4, -0.2) is 25.0 Å². The maximum absolute atomic E-state index is 13.1. The first-order valence-corrected chi connectivity index (χ1v) is 13.8. The fraction of sp³-hybridized carbons (Fsp3) is 0.148. The first kappa shape index (κ1) is 24.5. The Labute approximate surface area is 218 Å². The Morgan fingerprint density at radius 3 is 2.36 bits per heavy atom. The normalized spacial score (nSPS) is 19.1. The Morgan fingerprint density at radius 1 is 1.00 bits per heavy atom. The number of thiophene rings is 1. The van der Waals surface area contributed by atoms with Crippen molar-refractivity contribution in [3.63, 3.8) is 0 Å². The van der Waals surface area contributed by atoms with E-state index in [0.717, 1.165) is 32.9 Å². The standard InChI is InChI=1S/C27H22ClNO5S2/c28-21-10-6-20(7-11-21)24-14-15-25(35-24)36(32,33)29-27(26(30)31)16-23(27)19-8-12-22(13-9-19)34-17-18-4-2-1-3-5-18/h1-15,23,29H,16-17H2,(H,30,31)/t23-,27+/m0/s1. The molecule has 0 aliphatic heterocycles. The highest BCUT2D eigenvalue weighted by molar-refractivity contribution is 7.91. The highest BCUT2D eigenvalue weighted by Crippen LogP contribution is 2.53. The fourth-order valence-electron chi connectivity index (χ4n) is 4.12. The van der Waals surface area contributed by atoms with Crippen LogP contribution in [0.1, 0.15) is 23.5 Å². The van der Waals surface area contributed by atoms with E-state index in [1.807, 2.05) is 30.3 Å². The second-order valence-electron chi connectivity index (χ2n) is 8.61. The van der Waals surface area contributed by atoms with Crippen molar-refractivity contribution >= 4 is 38.9 Å². The van der Waals surface area contributed by atoms with Crippen LogP contribution < -0.4 is 9.46 Å². The van der Waals surface area contributed by atoms with Gasteiger partial charge in [0.25, 0.3) is 10.0 Å². The zero-order valence-electron chi connectivity index (χ0n) is 18.9. The average Bonchev–Trinajstić information content (AvgIpc) is 3.36. The van der Waals surface area contributed by atoms with Gasteiger partial charge >= 0.3 is 5.97 Å². The minimum absolute atomic E-state index is 0.0587. The van der Waals surface area contributed by atoms with E-state index in [2.05, 4.69) is 4.72 Å². The van der Waals surface area contributed by atoms with Crippen molar-refractivity contribution in [2.75, 3.05) is 0 Å². The van der Waals surface area contributed by atoms with Crippen LogP contribution in [0.3, 0.4) is 0 Å². The SMILES string of the molecule is O=C(O)[C@@]1(NS(=O)(=O)c2ccc(-c3ccc(Cl)cc3)s2)C[C@H]1c1ccc(OCc2ccccc2)cc1. The van der Waals surface area contributed by atoms with Gasteiger partial charge in [0.1, 0.15) is 22.1 Å². The van der Waals surface area contributed by atoms with Gasteiger partial charge in [-0.1, -0.05) is 66.2 Å². The number of benzene rings is 3. The topological polar surface area (TPSA) is 92.7 Å². The third-order valence-electron chi connectivity index (χ3n) is 6.16. The summed E-state index contributed by atoms with van der Waals surface area (Å²) in [6.07, 6.45) is 0.168. The van der Waals surface area contributed by atoms with E-state index in [1.54, 1.807) is 54.6 Å². The molecule has 9 heteroatoms. The predicted octanol–water partition coefficient (Wildman–Crippen LogP) is 5.94. The first-order valence-electron chi connectivity index (χ1n) is 11.2. The number of ether oxygens (including phenoxy) is 1. The molecule has 184 valence electrons. The van der Waals surface area contributed by atoms with Gasteiger partial charge in [-0.3, -0.25) is 4.79 Å². The lowest BCUT2D eigenvalue weighted by atomic mass is 10.1. The summed E-state index contributed by atoms with van der Waals surface area (Å²) in [6.45, 7) is 0.418. The Balaban J connectivity index is 1.29. The Bertz CT molecular complexity index is 1490. The van der Waals surface area contributed by atoms with E-state index in [4.69, 9.17) is 16.3 Å². The average molecular weight is 540 g/mol. The van der Waals surface area contributed by atoms with E-state index >= 15 is 0 Å². The van der Waals surface area contributed by atoms with Gasteiger partial charge in [-0.2, -0.15) is 4.72 Å². The second kappa shape index (κ2) is 9.71. The van der Waals surface area contributed by atoms with Crippen molar-refractivity contribution in [2.24, 2.45) is 0 Å². The number of rotatable bonds is 9. The minimum atomic E-state index is -4.05. The highest BCUT2D eigenvalue weighted by atomic mass is 35.5. The van der Waals surface area contributed by atoms with E-state index in [-0.39, 0.29) is 10.6 Å². The van der Waals surface area contributed by atoms with Gasteiger partial charge in [-0.15, -0.1) is 11.3 Å². The third-order valence-corrected chi connectivity index (χ3v) is 9.55. The van der Waals surface area contributed by atoms with E-state index < -0.39 is 27.4 Å². The molecular weight excluding hydrogens is 518 g/mol. The molecule has 36 heavy (non-hydrogen) atoms. The van der Waals surface area contributed by atoms with Crippen LogP contribution in [0.5, 0.6) is 5.75 Å². The lowest BCUT2D eigenvalue weighted by Gasteiger charge is -2.15. The number of hydrogen-bond acceptors (Lipinski definition) is 5. The van der Waals surface area contributed by atoms with Crippen molar-refractivity contribution in [2.45, 2.75) is 28.7 Å². The summed E-state index contributed by atoms with van der Waals surface area (Å²) >= 11 is 7.01. The van der Waals surface area contributed by atoms with Gasteiger partial charge < -0.3 is 9.84 Å². The summed E-state index contributed by atoms with van der Waals surface area (Å²) in [5, 5.41) is 10.5. The molecule has 0 bridgehead atoms. The predicted molar refractivity (Wildman–Crippen MR) is 140 cm³/mol. The molecule has 1 heterocycles. The van der Waals surface area contributed by atoms with Crippen LogP contribution in [0.2, 0.25) is 5.02 Å². The summed E-state index contributed by atoms with van der Waals surface area (Å²) in [5.41, 5.74) is 1.02. The maximum Gasteiger partial charge on any atom is 0.325 e. The molecule has 5 rings (SSSR count). The largest absolute Gasteiger partial charge is 0.489 e. The molecule has 2 N–H and O–H groups in total. The highest BCUT2D eigenvalue weighted by Gasteiger charge is 2.63. The number of halogens is 1. The van der Waals surface area contributed by atoms with Gasteiger partial charge in [-0.05, 0) is 59.5 Å². The molecule has 2 atom stereocenters. The van der Waals surface area contributed by atoms with Crippen LogP contribution in [0, 0.1) is 0 Å². The summed E-state index contributed by atoms with van der Waals surface area (Å²) in [6, 6.07) is 27.1. The summed E-state index contributed by atoms with van der Waals surface area (Å²) < 4.78 is 34.6. The Morgan fingerprint density at radius 2 is 1.69 bits per heavy atom. The lowest BCUT2D eigenvalue weighted by Crippen LogP contribution is -2.44. The molecule has 3 aromatic carbocycles. The monoisotopic (exact) mass is 539 g/mol. The molecule has 0 radical (unpaired) electrons. The number of nitrogens with one attached hydrogen (secondary N) is 1. The summed E-state index contributed by atoms with van der Waals surface area (Å²) in [7, 11) is -4.05. The van der Waals surface area contributed by atoms with Crippen molar-refractivity contribution in [1.82, 2.24) is 4.72 Å². The van der Waals surface area contributed by atoms with E-state index in [0.29, 0.717) is 17.4 Å². The molecule has 6 nitrogen and oxygen atoms in total. The Hall–Kier alpha value is -3.17. The zero-order chi connectivity index (χ0) is 25.3. The van der Waals surface area contributed by atoms with Crippen LogP contribution >= 0.6 is 22.9 Å². The number of hydrogen-bond donors (Lipinski definition) is 2. The molecule has 0 unspecified atom stereocenters. The zero-order valence-corrected chi connectivity index (χ0v) is 21.3. The number of carboxylic acid groups (broad SMARTS) is 1. The van der Waals surface area contributed by atoms with Gasteiger partial charge in [0.2, 0.25) is 0 Å². The number of carboxylic acids is 1. The fourth-order valence-corrected chi connectivity index (χ4v) is 6.96. The van der Waals surface area contributed by atoms with Crippen molar-refractivity contribution < 1.29 is 23.1 Å². The van der Waals surface area contributed by atoms with Crippen LogP contribution in [0.25, 0.3) is 10.4 Å². The molecule has 1 aromatic heterocycles. The van der Waals surface area contributed by atoms with Gasteiger partial charge in [0, 0.05) is 15.8 Å². The molecule has 1 aliphatic rings. The number of aliphatic carboxylic acids is 1. The Kier molecular flexibility index (Phi) is 6.61. The van der Waals surface area contributed by atoms with Crippen LogP contribution in [0.15, 0.2) is 95.2 Å². The molecule has 0 spiro atoms. The molecule has 4 aromatic rings. The van der Waals surface area contributed by atoms with Gasteiger partial charge in [0.15, 0.2) is 0 Å². The third kappa shape index (κ3) is 5.03. The van der Waals surface area contributed by atoms with Gasteiger partial charge in [0.05, 0.1) is 0 Å². The van der Waals surface area contributed by atoms with Crippen molar-refractivity contribution in [1.29, 1.82) is 0 Å². The maximum atomic E-state index is 13.1. The van der Waals surface area contributed by atoms with Crippen LogP contribution in [0.4, 0.5) is 0 Å². The molecule has 0 saturated heterocycles. The molecule has 1 fully saturated rings. The molecule has 1 aliphatic carbocycles. The van der Waals surface area contributed by atoms with E-state index in [1.165, 1.54) is 6.07 Å². The molecular formula is C27H22ClNO5S2. The second-order valence-corrected chi connectivity index (χ2v) is 12.0. The lowest BCUT2D eigenvalue weighted by molar-refractivity contribution is -0.140. The summed E-state index contributed by atoms with van der Waals surface area (Å²) in [5.74, 6) is -1.03. The summed E-state index contributed by atoms with van der Waals surface area (Å²) in [4.78, 5) is 12.9. The van der Waals surface area contributed by atoms with Crippen LogP contribution in [-0.2, 0) is 21.4 Å².